The Hall–Kier alpha value is -3.27. The van der Waals surface area contributed by atoms with Gasteiger partial charge in [0, 0.05) is 10.9 Å². The second-order valence-corrected chi connectivity index (χ2v) is 9.06. The van der Waals surface area contributed by atoms with Crippen molar-refractivity contribution in [3.05, 3.63) is 59.2 Å². The zero-order valence-electron chi connectivity index (χ0n) is 18.1. The molecule has 0 unspecified atom stereocenters. The molecule has 1 N–H and O–H groups in total. The van der Waals surface area contributed by atoms with Crippen molar-refractivity contribution in [3.63, 3.8) is 0 Å². The molecule has 1 aliphatic carbocycles. The van der Waals surface area contributed by atoms with Gasteiger partial charge < -0.3 is 10.1 Å². The van der Waals surface area contributed by atoms with Crippen LogP contribution in [0, 0.1) is 0 Å². The summed E-state index contributed by atoms with van der Waals surface area (Å²) < 4.78 is 30.4. The van der Waals surface area contributed by atoms with Crippen LogP contribution in [0.2, 0.25) is 0 Å². The number of anilines is 1. The van der Waals surface area contributed by atoms with Crippen molar-refractivity contribution < 1.29 is 32.7 Å². The van der Waals surface area contributed by atoms with Crippen molar-refractivity contribution >= 4 is 41.1 Å². The summed E-state index contributed by atoms with van der Waals surface area (Å²) in [5.41, 5.74) is 0.607. The van der Waals surface area contributed by atoms with Crippen LogP contribution in [0.15, 0.2) is 47.4 Å². The van der Waals surface area contributed by atoms with Gasteiger partial charge in [-0.05, 0) is 43.2 Å². The number of fused-ring (bicyclic) bond motifs is 1. The summed E-state index contributed by atoms with van der Waals surface area (Å²) in [6.45, 7) is -0.648. The minimum Gasteiger partial charge on any atom is -0.452 e. The van der Waals surface area contributed by atoms with Gasteiger partial charge >= 0.3 is 5.97 Å². The van der Waals surface area contributed by atoms with E-state index in [0.717, 1.165) is 32.1 Å². The molecule has 0 spiro atoms. The molecule has 1 fully saturated rings. The number of hydrogen-bond donors (Lipinski definition) is 1. The molecule has 0 radical (unpaired) electrons. The zero-order valence-corrected chi connectivity index (χ0v) is 18.9. The minimum atomic E-state index is -2.65. The van der Waals surface area contributed by atoms with Crippen LogP contribution in [-0.2, 0) is 9.53 Å². The Morgan fingerprint density at radius 3 is 2.47 bits per heavy atom. The number of hydrogen-bond acceptors (Lipinski definition) is 6. The molecule has 0 aromatic heterocycles. The second kappa shape index (κ2) is 10.3. The lowest BCUT2D eigenvalue weighted by molar-refractivity contribution is -0.119. The lowest BCUT2D eigenvalue weighted by atomic mass is 9.94. The first kappa shape index (κ1) is 23.9. The molecule has 0 bridgehead atoms. The first-order valence-corrected chi connectivity index (χ1v) is 11.8. The number of para-hydroxylation sites is 1. The van der Waals surface area contributed by atoms with Crippen LogP contribution < -0.4 is 5.32 Å². The predicted octanol–water partition coefficient (Wildman–Crippen LogP) is 4.73. The number of alkyl halides is 2. The van der Waals surface area contributed by atoms with Gasteiger partial charge in [0.15, 0.2) is 6.61 Å². The number of benzene rings is 2. The van der Waals surface area contributed by atoms with Crippen LogP contribution >= 0.6 is 11.8 Å². The van der Waals surface area contributed by atoms with Gasteiger partial charge in [-0.3, -0.25) is 19.3 Å². The summed E-state index contributed by atoms with van der Waals surface area (Å²) in [6.07, 6.45) is 4.55. The van der Waals surface area contributed by atoms with E-state index in [2.05, 4.69) is 5.32 Å². The number of nitrogens with one attached hydrogen (secondary N) is 1. The number of imide groups is 1. The van der Waals surface area contributed by atoms with Crippen LogP contribution in [0.3, 0.4) is 0 Å². The smallest absolute Gasteiger partial charge is 0.338 e. The van der Waals surface area contributed by atoms with E-state index in [1.807, 2.05) is 0 Å². The van der Waals surface area contributed by atoms with E-state index in [-0.39, 0.29) is 39.2 Å². The van der Waals surface area contributed by atoms with E-state index in [1.54, 1.807) is 12.1 Å². The molecule has 2 aromatic carbocycles. The standard InChI is InChI=1S/C24H22F2N2O5S/c25-24(26)34-19-9-5-4-8-18(19)27-20(29)13-33-23(32)14-10-11-16-17(12-14)22(31)28(21(16)30)15-6-2-1-3-7-15/h4-5,8-12,15,24H,1-3,6-7,13H2,(H,27,29). The Morgan fingerprint density at radius 2 is 1.74 bits per heavy atom. The molecule has 1 heterocycles. The summed E-state index contributed by atoms with van der Waals surface area (Å²) >= 11 is 0.291. The van der Waals surface area contributed by atoms with Gasteiger partial charge in [-0.15, -0.1) is 0 Å². The largest absolute Gasteiger partial charge is 0.452 e. The average molecular weight is 489 g/mol. The van der Waals surface area contributed by atoms with Crippen LogP contribution in [0.1, 0.15) is 63.2 Å². The Labute approximate surface area is 198 Å². The summed E-state index contributed by atoms with van der Waals surface area (Å²) in [7, 11) is 0. The van der Waals surface area contributed by atoms with Gasteiger partial charge in [0.05, 0.1) is 22.4 Å². The fourth-order valence-electron chi connectivity index (χ4n) is 4.23. The number of carbonyl (C=O) groups excluding carboxylic acids is 4. The molecule has 4 rings (SSSR count). The predicted molar refractivity (Wildman–Crippen MR) is 121 cm³/mol. The molecule has 1 aliphatic heterocycles. The Balaban J connectivity index is 1.39. The Morgan fingerprint density at radius 1 is 1.03 bits per heavy atom. The highest BCUT2D eigenvalue weighted by Crippen LogP contribution is 2.32. The summed E-state index contributed by atoms with van der Waals surface area (Å²) in [5.74, 6) is -4.98. The van der Waals surface area contributed by atoms with E-state index >= 15 is 0 Å². The number of rotatable bonds is 7. The molecule has 178 valence electrons. The van der Waals surface area contributed by atoms with Gasteiger partial charge in [-0.2, -0.15) is 8.78 Å². The lowest BCUT2D eigenvalue weighted by Gasteiger charge is -2.29. The fraction of sp³-hybridized carbons (Fsp3) is 0.333. The number of thioether (sulfide) groups is 1. The maximum absolute atomic E-state index is 12.9. The molecule has 34 heavy (non-hydrogen) atoms. The minimum absolute atomic E-state index is 0.0341. The zero-order chi connectivity index (χ0) is 24.2. The maximum Gasteiger partial charge on any atom is 0.338 e. The van der Waals surface area contributed by atoms with E-state index in [1.165, 1.54) is 35.2 Å². The van der Waals surface area contributed by atoms with E-state index in [9.17, 15) is 28.0 Å². The maximum atomic E-state index is 12.9. The van der Waals surface area contributed by atoms with Gasteiger partial charge in [0.2, 0.25) is 0 Å². The normalized spacial score (nSPS) is 16.0. The Bertz CT molecular complexity index is 1130. The SMILES string of the molecule is O=C(COC(=O)c1ccc2c(c1)C(=O)N(C1CCCCC1)C2=O)Nc1ccccc1SC(F)F. The number of halogens is 2. The molecule has 10 heteroatoms. The topological polar surface area (TPSA) is 92.8 Å². The summed E-state index contributed by atoms with van der Waals surface area (Å²) in [5, 5.41) is 2.44. The van der Waals surface area contributed by atoms with Crippen LogP contribution in [0.25, 0.3) is 0 Å². The fourth-order valence-corrected chi connectivity index (χ4v) is 4.82. The third-order valence-electron chi connectivity index (χ3n) is 5.81. The van der Waals surface area contributed by atoms with Crippen molar-refractivity contribution in [1.82, 2.24) is 4.90 Å². The molecule has 1 saturated carbocycles. The van der Waals surface area contributed by atoms with Crippen molar-refractivity contribution in [2.75, 3.05) is 11.9 Å². The average Bonchev–Trinajstić information content (AvgIpc) is 3.08. The molecule has 2 aromatic rings. The number of carbonyl (C=O) groups is 4. The first-order chi connectivity index (χ1) is 16.3. The van der Waals surface area contributed by atoms with Gasteiger partial charge in [-0.1, -0.05) is 43.2 Å². The number of ether oxygens (including phenoxy) is 1. The molecule has 0 atom stereocenters. The van der Waals surface area contributed by atoms with Crippen LogP contribution in [0.5, 0.6) is 0 Å². The third-order valence-corrected chi connectivity index (χ3v) is 6.59. The number of nitrogens with zero attached hydrogens (tertiary/aromatic N) is 1. The van der Waals surface area contributed by atoms with E-state index < -0.39 is 30.1 Å². The lowest BCUT2D eigenvalue weighted by Crippen LogP contribution is -2.40. The van der Waals surface area contributed by atoms with Crippen molar-refractivity contribution in [2.24, 2.45) is 0 Å². The Kier molecular flexibility index (Phi) is 7.26. The van der Waals surface area contributed by atoms with Crippen molar-refractivity contribution in [2.45, 2.75) is 48.8 Å². The molecular weight excluding hydrogens is 466 g/mol. The van der Waals surface area contributed by atoms with E-state index in [0.29, 0.717) is 11.8 Å². The highest BCUT2D eigenvalue weighted by atomic mass is 32.2. The second-order valence-electron chi connectivity index (χ2n) is 8.03. The van der Waals surface area contributed by atoms with Crippen molar-refractivity contribution in [1.29, 1.82) is 0 Å². The van der Waals surface area contributed by atoms with Crippen LogP contribution in [0.4, 0.5) is 14.5 Å². The quantitative estimate of drug-likeness (QED) is 0.344. The molecule has 2 aliphatic rings. The molecular formula is C24H22F2N2O5S. The number of esters is 1. The van der Waals surface area contributed by atoms with Crippen molar-refractivity contribution in [3.8, 4) is 0 Å². The summed E-state index contributed by atoms with van der Waals surface area (Å²) in [6, 6.07) is 10.0. The molecule has 3 amide bonds. The van der Waals surface area contributed by atoms with E-state index in [4.69, 9.17) is 4.74 Å². The molecule has 0 saturated heterocycles. The molecule has 7 nitrogen and oxygen atoms in total. The summed E-state index contributed by atoms with van der Waals surface area (Å²) in [4.78, 5) is 51.8. The highest BCUT2D eigenvalue weighted by molar-refractivity contribution is 7.99. The monoisotopic (exact) mass is 488 g/mol. The first-order valence-electron chi connectivity index (χ1n) is 10.9. The number of amides is 3. The highest BCUT2D eigenvalue weighted by Gasteiger charge is 2.40. The van der Waals surface area contributed by atoms with Gasteiger partial charge in [-0.25, -0.2) is 4.79 Å². The van der Waals surface area contributed by atoms with Gasteiger partial charge in [0.25, 0.3) is 23.5 Å². The van der Waals surface area contributed by atoms with Gasteiger partial charge in [0.1, 0.15) is 0 Å². The third kappa shape index (κ3) is 5.11. The van der Waals surface area contributed by atoms with Crippen LogP contribution in [-0.4, -0.2) is 47.0 Å².